The number of thiophene rings is 1. The molecule has 0 bridgehead atoms. The zero-order chi connectivity index (χ0) is 12.5. The maximum atomic E-state index is 5.75. The Morgan fingerprint density at radius 1 is 1.50 bits per heavy atom. The third kappa shape index (κ3) is 2.26. The number of hydrogen-bond donors (Lipinski definition) is 2. The van der Waals surface area contributed by atoms with Crippen molar-refractivity contribution in [2.24, 2.45) is 0 Å². The van der Waals surface area contributed by atoms with Crippen LogP contribution >= 0.6 is 11.3 Å². The Morgan fingerprint density at radius 3 is 3.22 bits per heavy atom. The van der Waals surface area contributed by atoms with Crippen LogP contribution in [0.4, 0.5) is 11.8 Å². The first-order chi connectivity index (χ1) is 8.72. The Morgan fingerprint density at radius 2 is 2.39 bits per heavy atom. The lowest BCUT2D eigenvalue weighted by Gasteiger charge is -2.30. The SMILES string of the molecule is CN1CCCC(Nc2nc(N)nc3sccc23)C1. The summed E-state index contributed by atoms with van der Waals surface area (Å²) < 4.78 is 0. The van der Waals surface area contributed by atoms with Crippen molar-refractivity contribution in [3.63, 3.8) is 0 Å². The molecule has 2 aromatic rings. The molecule has 0 radical (unpaired) electrons. The van der Waals surface area contributed by atoms with Gasteiger partial charge in [0.1, 0.15) is 10.6 Å². The van der Waals surface area contributed by atoms with Gasteiger partial charge >= 0.3 is 0 Å². The van der Waals surface area contributed by atoms with Crippen LogP contribution < -0.4 is 11.1 Å². The number of anilines is 2. The fourth-order valence-electron chi connectivity index (χ4n) is 2.46. The van der Waals surface area contributed by atoms with Crippen molar-refractivity contribution < 1.29 is 0 Å². The summed E-state index contributed by atoms with van der Waals surface area (Å²) in [6.07, 6.45) is 2.40. The predicted octanol–water partition coefficient (Wildman–Crippen LogP) is 1.78. The van der Waals surface area contributed by atoms with E-state index < -0.39 is 0 Å². The minimum Gasteiger partial charge on any atom is -0.368 e. The van der Waals surface area contributed by atoms with Crippen molar-refractivity contribution in [2.75, 3.05) is 31.2 Å². The molecule has 5 nitrogen and oxygen atoms in total. The monoisotopic (exact) mass is 263 g/mol. The van der Waals surface area contributed by atoms with Gasteiger partial charge in [0.15, 0.2) is 0 Å². The van der Waals surface area contributed by atoms with E-state index in [-0.39, 0.29) is 0 Å². The molecular weight excluding hydrogens is 246 g/mol. The molecule has 1 fully saturated rings. The standard InChI is InChI=1S/C12H17N5S/c1-17-5-2-3-8(7-17)14-10-9-4-6-18-11(9)16-12(13)15-10/h4,6,8H,2-3,5,7H2,1H3,(H3,13,14,15,16). The average Bonchev–Trinajstić information content (AvgIpc) is 2.77. The molecule has 6 heteroatoms. The number of piperidine rings is 1. The molecule has 3 rings (SSSR count). The molecule has 3 heterocycles. The topological polar surface area (TPSA) is 67.1 Å². The molecule has 3 N–H and O–H groups in total. The highest BCUT2D eigenvalue weighted by Crippen LogP contribution is 2.27. The summed E-state index contributed by atoms with van der Waals surface area (Å²) in [6, 6.07) is 2.50. The van der Waals surface area contributed by atoms with Crippen molar-refractivity contribution in [2.45, 2.75) is 18.9 Å². The number of rotatable bonds is 2. The second-order valence-electron chi connectivity index (χ2n) is 4.82. The van der Waals surface area contributed by atoms with E-state index in [0.29, 0.717) is 12.0 Å². The van der Waals surface area contributed by atoms with Crippen LogP contribution in [0.2, 0.25) is 0 Å². The highest BCUT2D eigenvalue weighted by atomic mass is 32.1. The first kappa shape index (κ1) is 11.7. The smallest absolute Gasteiger partial charge is 0.223 e. The van der Waals surface area contributed by atoms with Crippen LogP contribution in [0.5, 0.6) is 0 Å². The summed E-state index contributed by atoms with van der Waals surface area (Å²) in [5, 5.41) is 6.61. The molecule has 1 saturated heterocycles. The fourth-order valence-corrected chi connectivity index (χ4v) is 3.23. The zero-order valence-corrected chi connectivity index (χ0v) is 11.2. The van der Waals surface area contributed by atoms with Gasteiger partial charge in [-0.3, -0.25) is 0 Å². The lowest BCUT2D eigenvalue weighted by Crippen LogP contribution is -2.39. The molecule has 0 spiro atoms. The van der Waals surface area contributed by atoms with Crippen molar-refractivity contribution in [1.29, 1.82) is 0 Å². The number of nitrogens with one attached hydrogen (secondary N) is 1. The number of nitrogens with zero attached hydrogens (tertiary/aromatic N) is 3. The van der Waals surface area contributed by atoms with Crippen LogP contribution in [-0.2, 0) is 0 Å². The minimum absolute atomic E-state index is 0.344. The molecule has 1 aliphatic rings. The van der Waals surface area contributed by atoms with E-state index in [4.69, 9.17) is 5.73 Å². The van der Waals surface area contributed by atoms with Crippen LogP contribution in [0.1, 0.15) is 12.8 Å². The van der Waals surface area contributed by atoms with Gasteiger partial charge in [0.05, 0.1) is 5.39 Å². The Kier molecular flexibility index (Phi) is 3.05. The Hall–Kier alpha value is -1.40. The molecule has 0 saturated carbocycles. The second kappa shape index (κ2) is 4.70. The first-order valence-electron chi connectivity index (χ1n) is 6.18. The van der Waals surface area contributed by atoms with Crippen LogP contribution in [0.15, 0.2) is 11.4 Å². The van der Waals surface area contributed by atoms with E-state index >= 15 is 0 Å². The quantitative estimate of drug-likeness (QED) is 0.864. The summed E-state index contributed by atoms with van der Waals surface area (Å²) >= 11 is 1.60. The van der Waals surface area contributed by atoms with Crippen molar-refractivity contribution in [3.8, 4) is 0 Å². The van der Waals surface area contributed by atoms with Gasteiger partial charge in [-0.15, -0.1) is 11.3 Å². The van der Waals surface area contributed by atoms with Gasteiger partial charge in [-0.05, 0) is 37.9 Å². The number of nitrogens with two attached hydrogens (primary N) is 1. The first-order valence-corrected chi connectivity index (χ1v) is 7.06. The lowest BCUT2D eigenvalue weighted by atomic mass is 10.1. The molecule has 1 unspecified atom stereocenters. The minimum atomic E-state index is 0.344. The van der Waals surface area contributed by atoms with Crippen molar-refractivity contribution >= 4 is 33.3 Å². The van der Waals surface area contributed by atoms with Crippen LogP contribution in [0.25, 0.3) is 10.2 Å². The zero-order valence-electron chi connectivity index (χ0n) is 10.4. The van der Waals surface area contributed by atoms with Gasteiger partial charge in [0, 0.05) is 12.6 Å². The normalized spacial score (nSPS) is 21.3. The third-order valence-corrected chi connectivity index (χ3v) is 4.11. The number of nitrogen functional groups attached to an aromatic ring is 1. The number of likely N-dealkylation sites (N-methyl/N-ethyl adjacent to an activating group) is 1. The van der Waals surface area contributed by atoms with Crippen LogP contribution in [0, 0.1) is 0 Å². The Labute approximate surface area is 110 Å². The summed E-state index contributed by atoms with van der Waals surface area (Å²) in [7, 11) is 2.16. The molecule has 96 valence electrons. The number of fused-ring (bicyclic) bond motifs is 1. The third-order valence-electron chi connectivity index (χ3n) is 3.31. The molecular formula is C12H17N5S. The maximum absolute atomic E-state index is 5.75. The number of likely N-dealkylation sites (tertiary alicyclic amines) is 1. The average molecular weight is 263 g/mol. The molecule has 0 aliphatic carbocycles. The highest BCUT2D eigenvalue weighted by Gasteiger charge is 2.18. The second-order valence-corrected chi connectivity index (χ2v) is 5.71. The maximum Gasteiger partial charge on any atom is 0.223 e. The number of aromatic nitrogens is 2. The Bertz CT molecular complexity index is 552. The van der Waals surface area contributed by atoms with E-state index in [1.54, 1.807) is 11.3 Å². The summed E-state index contributed by atoms with van der Waals surface area (Å²) in [6.45, 7) is 2.23. The van der Waals surface area contributed by atoms with Crippen LogP contribution in [0.3, 0.4) is 0 Å². The van der Waals surface area contributed by atoms with E-state index in [2.05, 4.69) is 27.2 Å². The van der Waals surface area contributed by atoms with Gasteiger partial charge in [-0.25, -0.2) is 4.98 Å². The van der Waals surface area contributed by atoms with E-state index in [1.165, 1.54) is 19.4 Å². The van der Waals surface area contributed by atoms with Crippen molar-refractivity contribution in [3.05, 3.63) is 11.4 Å². The van der Waals surface area contributed by atoms with Gasteiger partial charge in [0.2, 0.25) is 5.95 Å². The van der Waals surface area contributed by atoms with Gasteiger partial charge in [-0.1, -0.05) is 0 Å². The summed E-state index contributed by atoms with van der Waals surface area (Å²) in [4.78, 5) is 11.9. The fraction of sp³-hybridized carbons (Fsp3) is 0.500. The van der Waals surface area contributed by atoms with Gasteiger partial charge in [-0.2, -0.15) is 4.98 Å². The largest absolute Gasteiger partial charge is 0.368 e. The molecule has 18 heavy (non-hydrogen) atoms. The Balaban J connectivity index is 1.87. The summed E-state index contributed by atoms with van der Waals surface area (Å²) in [5.41, 5.74) is 5.75. The van der Waals surface area contributed by atoms with Gasteiger partial charge in [0.25, 0.3) is 0 Å². The molecule has 1 aliphatic heterocycles. The lowest BCUT2D eigenvalue weighted by molar-refractivity contribution is 0.261. The van der Waals surface area contributed by atoms with Crippen molar-refractivity contribution in [1.82, 2.24) is 14.9 Å². The van der Waals surface area contributed by atoms with E-state index in [0.717, 1.165) is 22.6 Å². The van der Waals surface area contributed by atoms with E-state index in [9.17, 15) is 0 Å². The molecule has 0 amide bonds. The molecule has 2 aromatic heterocycles. The van der Waals surface area contributed by atoms with E-state index in [1.807, 2.05) is 11.4 Å². The summed E-state index contributed by atoms with van der Waals surface area (Å²) in [5.74, 6) is 1.22. The van der Waals surface area contributed by atoms with Gasteiger partial charge < -0.3 is 16.0 Å². The highest BCUT2D eigenvalue weighted by molar-refractivity contribution is 7.16. The number of hydrogen-bond acceptors (Lipinski definition) is 6. The van der Waals surface area contributed by atoms with Crippen LogP contribution in [-0.4, -0.2) is 41.0 Å². The predicted molar refractivity (Wildman–Crippen MR) is 76.0 cm³/mol. The molecule has 1 atom stereocenters. The molecule has 0 aromatic carbocycles.